The van der Waals surface area contributed by atoms with Crippen molar-refractivity contribution in [1.29, 1.82) is 0 Å². The zero-order chi connectivity index (χ0) is 56.8. The Hall–Kier alpha value is -6.97. The van der Waals surface area contributed by atoms with Crippen molar-refractivity contribution in [2.45, 2.75) is 178 Å². The molecule has 1 aromatic rings. The van der Waals surface area contributed by atoms with E-state index in [0.717, 1.165) is 45.4 Å². The molecule has 0 heterocycles. The highest BCUT2D eigenvalue weighted by Gasteiger charge is 2.35. The van der Waals surface area contributed by atoms with Gasteiger partial charge in [0.2, 0.25) is 53.2 Å². The number of aromatic hydroxyl groups is 1. The lowest BCUT2D eigenvalue weighted by Gasteiger charge is -2.27. The molecule has 422 valence electrons. The van der Waals surface area contributed by atoms with Gasteiger partial charge >= 0.3 is 11.9 Å². The van der Waals surface area contributed by atoms with Gasteiger partial charge < -0.3 is 85.1 Å². The average Bonchev–Trinajstić information content (AvgIpc) is 3.32. The fourth-order valence-electron chi connectivity index (χ4n) is 7.48. The van der Waals surface area contributed by atoms with Crippen LogP contribution >= 0.6 is 0 Å². The van der Waals surface area contributed by atoms with Crippen molar-refractivity contribution < 1.29 is 83.4 Å². The number of carboxylic acids is 2. The van der Waals surface area contributed by atoms with Gasteiger partial charge in [0.15, 0.2) is 0 Å². The number of hydrogen-bond donors (Lipinski definition) is 16. The van der Waals surface area contributed by atoms with Crippen LogP contribution in [0.5, 0.6) is 5.75 Å². The summed E-state index contributed by atoms with van der Waals surface area (Å²) in [4.78, 5) is 141. The molecule has 0 bridgehead atoms. The maximum absolute atomic E-state index is 13.6. The van der Waals surface area contributed by atoms with Crippen LogP contribution < -0.4 is 54.4 Å². The fourth-order valence-corrected chi connectivity index (χ4v) is 7.48. The Labute approximate surface area is 434 Å². The standard InChI is InChI=1S/C48H78N10O17/c1-26(2)12-10-8-6-4-5-7-9-11-13-29(21-40(67)68)52-48(75)41(27(3)61)58-47(74)36(25-60)56-43(70)32(18-19-39(65)66)53-46(73)35(24-59)57-45(72)34(23-38(51)64)55-44(71)33(20-28-14-16-30(62)17-15-28)54-42(69)31(49)22-37(50)63/h14-17,26-27,29,31-36,41,59-62H,4-13,18-25,49H2,1-3H3,(H2,50,63)(H2,51,64)(H,52,75)(H,53,73)(H,54,69)(H,55,71)(H,56,70)(H,57,72)(H,58,74)(H,65,66)(H,67,68)/t27-,29?,31+,32+,33-,34-,35+,36-,41+/m1/s1. The molecule has 0 aliphatic rings. The molecule has 0 aliphatic heterocycles. The number of phenolic OH excluding ortho intramolecular Hbond substituents is 1. The van der Waals surface area contributed by atoms with E-state index in [0.29, 0.717) is 17.9 Å². The molecule has 75 heavy (non-hydrogen) atoms. The van der Waals surface area contributed by atoms with Crippen LogP contribution in [0.4, 0.5) is 0 Å². The van der Waals surface area contributed by atoms with E-state index in [9.17, 15) is 83.4 Å². The first-order valence-corrected chi connectivity index (χ1v) is 24.8. The number of benzene rings is 1. The molecule has 0 fully saturated rings. The number of rotatable bonds is 39. The quantitative estimate of drug-likeness (QED) is 0.0287. The Morgan fingerprint density at radius 2 is 0.933 bits per heavy atom. The van der Waals surface area contributed by atoms with Gasteiger partial charge in [0.05, 0.1) is 44.6 Å². The molecule has 0 radical (unpaired) electrons. The third kappa shape index (κ3) is 27.8. The Bertz CT molecular complexity index is 2060. The molecule has 27 heteroatoms. The van der Waals surface area contributed by atoms with Gasteiger partial charge in [0.25, 0.3) is 0 Å². The molecule has 0 saturated carbocycles. The topological polar surface area (TPSA) is 471 Å². The number of nitrogens with one attached hydrogen (secondary N) is 7. The van der Waals surface area contributed by atoms with Crippen LogP contribution in [0, 0.1) is 5.92 Å². The number of nitrogens with two attached hydrogens (primary N) is 3. The van der Waals surface area contributed by atoms with Crippen LogP contribution in [0.1, 0.15) is 123 Å². The fraction of sp³-hybridized carbons (Fsp3) is 0.646. The molecule has 0 aromatic heterocycles. The molecular formula is C48H78N10O17. The minimum Gasteiger partial charge on any atom is -0.508 e. The van der Waals surface area contributed by atoms with Crippen molar-refractivity contribution in [2.24, 2.45) is 23.1 Å². The summed E-state index contributed by atoms with van der Waals surface area (Å²) in [5.74, 6) is -12.6. The minimum atomic E-state index is -1.99. The van der Waals surface area contributed by atoms with Crippen molar-refractivity contribution in [2.75, 3.05) is 13.2 Å². The largest absolute Gasteiger partial charge is 0.508 e. The van der Waals surface area contributed by atoms with E-state index in [1.807, 2.05) is 0 Å². The number of aliphatic hydroxyl groups is 3. The van der Waals surface area contributed by atoms with Gasteiger partial charge in [-0.25, -0.2) is 0 Å². The predicted octanol–water partition coefficient (Wildman–Crippen LogP) is -3.33. The molecule has 27 nitrogen and oxygen atoms in total. The highest BCUT2D eigenvalue weighted by molar-refractivity contribution is 5.99. The number of primary amides is 2. The van der Waals surface area contributed by atoms with E-state index in [-0.39, 0.29) is 18.6 Å². The average molecular weight is 1070 g/mol. The van der Waals surface area contributed by atoms with Gasteiger partial charge in [-0.15, -0.1) is 0 Å². The Morgan fingerprint density at radius 1 is 0.493 bits per heavy atom. The summed E-state index contributed by atoms with van der Waals surface area (Å²) >= 11 is 0. The molecule has 1 rings (SSSR count). The lowest BCUT2D eigenvalue weighted by Crippen LogP contribution is -2.62. The number of amides is 9. The summed E-state index contributed by atoms with van der Waals surface area (Å²) in [5.41, 5.74) is 16.6. The van der Waals surface area contributed by atoms with Crippen LogP contribution in [0.2, 0.25) is 0 Å². The van der Waals surface area contributed by atoms with Gasteiger partial charge in [-0.2, -0.15) is 0 Å². The van der Waals surface area contributed by atoms with Crippen molar-refractivity contribution in [3.63, 3.8) is 0 Å². The van der Waals surface area contributed by atoms with Crippen molar-refractivity contribution in [3.8, 4) is 5.75 Å². The first-order valence-electron chi connectivity index (χ1n) is 24.8. The molecule has 19 N–H and O–H groups in total. The summed E-state index contributed by atoms with van der Waals surface area (Å²) in [5, 5.41) is 74.9. The van der Waals surface area contributed by atoms with Gasteiger partial charge in [-0.3, -0.25) is 52.7 Å². The van der Waals surface area contributed by atoms with E-state index in [1.165, 1.54) is 37.1 Å². The minimum absolute atomic E-state index is 0.140. The Kier molecular flexibility index (Phi) is 31.1. The molecule has 1 aromatic carbocycles. The third-order valence-electron chi connectivity index (χ3n) is 11.6. The normalized spacial score (nSPS) is 14.7. The van der Waals surface area contributed by atoms with Gasteiger partial charge in [0, 0.05) is 18.9 Å². The zero-order valence-corrected chi connectivity index (χ0v) is 42.7. The maximum Gasteiger partial charge on any atom is 0.305 e. The SMILES string of the molecule is CC(C)CCCCCCCCCCC(CC(=O)O)NC(=O)[C@@H](NC(=O)[C@@H](CO)NC(=O)[C@H](CCC(=O)O)NC(=O)[C@H](CO)NC(=O)[C@@H](CC(N)=O)NC(=O)[C@@H](Cc1ccc(O)cc1)NC(=O)[C@@H](N)CC(N)=O)[C@@H](C)O. The Morgan fingerprint density at radius 3 is 1.41 bits per heavy atom. The zero-order valence-electron chi connectivity index (χ0n) is 42.7. The second-order valence-corrected chi connectivity index (χ2v) is 18.8. The van der Waals surface area contributed by atoms with Crippen molar-refractivity contribution in [1.82, 2.24) is 37.2 Å². The number of carbonyl (C=O) groups excluding carboxylic acids is 9. The van der Waals surface area contributed by atoms with Crippen LogP contribution in [0.3, 0.4) is 0 Å². The number of aliphatic hydroxyl groups excluding tert-OH is 3. The van der Waals surface area contributed by atoms with Crippen LogP contribution in [-0.2, 0) is 59.2 Å². The van der Waals surface area contributed by atoms with Gasteiger partial charge in [-0.1, -0.05) is 83.8 Å². The maximum atomic E-state index is 13.6. The second-order valence-electron chi connectivity index (χ2n) is 18.8. The van der Waals surface area contributed by atoms with Crippen molar-refractivity contribution in [3.05, 3.63) is 29.8 Å². The summed E-state index contributed by atoms with van der Waals surface area (Å²) in [6, 6.07) is -8.05. The van der Waals surface area contributed by atoms with E-state index in [4.69, 9.17) is 17.2 Å². The molecule has 9 atom stereocenters. The van der Waals surface area contributed by atoms with Crippen LogP contribution in [0.15, 0.2) is 24.3 Å². The molecule has 9 amide bonds. The molecule has 0 spiro atoms. The monoisotopic (exact) mass is 1070 g/mol. The summed E-state index contributed by atoms with van der Waals surface area (Å²) in [6.07, 6.45) is 3.91. The third-order valence-corrected chi connectivity index (χ3v) is 11.6. The highest BCUT2D eigenvalue weighted by atomic mass is 16.4. The van der Waals surface area contributed by atoms with Crippen LogP contribution in [0.25, 0.3) is 0 Å². The first kappa shape index (κ1) is 66.0. The number of aliphatic carboxylic acids is 2. The number of hydrogen-bond acceptors (Lipinski definition) is 16. The summed E-state index contributed by atoms with van der Waals surface area (Å²) in [7, 11) is 0. The van der Waals surface area contributed by atoms with E-state index >= 15 is 0 Å². The summed E-state index contributed by atoms with van der Waals surface area (Å²) in [6.45, 7) is 3.16. The van der Waals surface area contributed by atoms with Crippen LogP contribution in [-0.4, -0.2) is 163 Å². The lowest BCUT2D eigenvalue weighted by molar-refractivity contribution is -0.139. The number of phenols is 1. The Balaban J connectivity index is 3.17. The molecule has 1 unspecified atom stereocenters. The lowest BCUT2D eigenvalue weighted by atomic mass is 10.0. The van der Waals surface area contributed by atoms with Crippen molar-refractivity contribution >= 4 is 65.1 Å². The number of carbonyl (C=O) groups is 11. The summed E-state index contributed by atoms with van der Waals surface area (Å²) < 4.78 is 0. The number of carboxylic acid groups (broad SMARTS) is 2. The first-order chi connectivity index (χ1) is 35.3. The van der Waals surface area contributed by atoms with E-state index in [1.54, 1.807) is 0 Å². The number of unbranched alkanes of at least 4 members (excludes halogenated alkanes) is 7. The van der Waals surface area contributed by atoms with Gasteiger partial charge in [0.1, 0.15) is 42.0 Å². The predicted molar refractivity (Wildman–Crippen MR) is 267 cm³/mol. The molecule has 0 saturated heterocycles. The molecular weight excluding hydrogens is 989 g/mol. The second kappa shape index (κ2) is 35.3. The smallest absolute Gasteiger partial charge is 0.305 e. The van der Waals surface area contributed by atoms with E-state index < -0.39 is 165 Å². The van der Waals surface area contributed by atoms with E-state index in [2.05, 4.69) is 51.1 Å². The highest BCUT2D eigenvalue weighted by Crippen LogP contribution is 2.16. The van der Waals surface area contributed by atoms with Gasteiger partial charge in [-0.05, 0) is 43.4 Å². The molecule has 0 aliphatic carbocycles.